The Morgan fingerprint density at radius 1 is 1.08 bits per heavy atom. The number of nitrogens with zero attached hydrogens (tertiary/aromatic N) is 4. The van der Waals surface area contributed by atoms with Crippen molar-refractivity contribution in [2.45, 2.75) is 13.8 Å². The maximum atomic E-state index is 5.57. The van der Waals surface area contributed by atoms with Crippen molar-refractivity contribution < 1.29 is 4.74 Å². The monoisotopic (exact) mass is 336 g/mol. The van der Waals surface area contributed by atoms with Crippen molar-refractivity contribution in [2.75, 3.05) is 6.61 Å². The van der Waals surface area contributed by atoms with E-state index in [-0.39, 0.29) is 0 Å². The van der Waals surface area contributed by atoms with Gasteiger partial charge in [-0.25, -0.2) is 0 Å². The highest BCUT2D eigenvalue weighted by Crippen LogP contribution is 2.30. The molecular weight excluding hydrogens is 320 g/mol. The molecule has 0 aliphatic heterocycles. The highest BCUT2D eigenvalue weighted by molar-refractivity contribution is 7.19. The van der Waals surface area contributed by atoms with Crippen LogP contribution in [0.3, 0.4) is 0 Å². The molecule has 6 heteroatoms. The van der Waals surface area contributed by atoms with Crippen LogP contribution in [-0.4, -0.2) is 26.4 Å². The molecule has 2 aromatic heterocycles. The fourth-order valence-electron chi connectivity index (χ4n) is 2.61. The number of hydrogen-bond donors (Lipinski definition) is 0. The molecule has 0 spiro atoms. The Labute approximate surface area is 143 Å². The molecule has 0 aliphatic carbocycles. The molecule has 0 bridgehead atoms. The lowest BCUT2D eigenvalue weighted by molar-refractivity contribution is 0.340. The Hall–Kier alpha value is -2.73. The van der Waals surface area contributed by atoms with E-state index in [1.807, 2.05) is 43.3 Å². The Morgan fingerprint density at radius 3 is 2.79 bits per heavy atom. The summed E-state index contributed by atoms with van der Waals surface area (Å²) >= 11 is 1.54. The van der Waals surface area contributed by atoms with E-state index < -0.39 is 0 Å². The molecule has 5 nitrogen and oxygen atoms in total. The van der Waals surface area contributed by atoms with Crippen LogP contribution in [0.5, 0.6) is 5.75 Å². The topological polar surface area (TPSA) is 52.3 Å². The molecule has 120 valence electrons. The van der Waals surface area contributed by atoms with E-state index in [0.29, 0.717) is 6.61 Å². The van der Waals surface area contributed by atoms with E-state index in [0.717, 1.165) is 32.7 Å². The normalized spacial score (nSPS) is 11.1. The van der Waals surface area contributed by atoms with Crippen LogP contribution in [0.15, 0.2) is 48.5 Å². The lowest BCUT2D eigenvalue weighted by Crippen LogP contribution is -1.94. The molecule has 0 unspecified atom stereocenters. The van der Waals surface area contributed by atoms with Crippen molar-refractivity contribution >= 4 is 16.3 Å². The summed E-state index contributed by atoms with van der Waals surface area (Å²) in [6.07, 6.45) is 0. The van der Waals surface area contributed by atoms with E-state index in [9.17, 15) is 0 Å². The third kappa shape index (κ3) is 2.55. The van der Waals surface area contributed by atoms with Gasteiger partial charge in [0.15, 0.2) is 5.82 Å². The van der Waals surface area contributed by atoms with E-state index in [4.69, 9.17) is 9.84 Å². The fourth-order valence-corrected chi connectivity index (χ4v) is 3.54. The maximum Gasteiger partial charge on any atom is 0.235 e. The van der Waals surface area contributed by atoms with E-state index in [1.54, 1.807) is 15.9 Å². The van der Waals surface area contributed by atoms with E-state index in [2.05, 4.69) is 29.3 Å². The van der Waals surface area contributed by atoms with Crippen LogP contribution in [0.2, 0.25) is 0 Å². The Bertz CT molecular complexity index is 1010. The highest BCUT2D eigenvalue weighted by Gasteiger charge is 2.15. The zero-order chi connectivity index (χ0) is 16.5. The first-order valence-corrected chi connectivity index (χ1v) is 8.59. The number of aryl methyl sites for hydroxylation is 1. The molecule has 0 aliphatic rings. The summed E-state index contributed by atoms with van der Waals surface area (Å²) in [7, 11) is 0. The van der Waals surface area contributed by atoms with Gasteiger partial charge < -0.3 is 4.74 Å². The average molecular weight is 336 g/mol. The summed E-state index contributed by atoms with van der Waals surface area (Å²) in [4.78, 5) is 0.782. The minimum Gasteiger partial charge on any atom is -0.494 e. The quantitative estimate of drug-likeness (QED) is 0.560. The summed E-state index contributed by atoms with van der Waals surface area (Å²) in [6.45, 7) is 4.69. The van der Waals surface area contributed by atoms with E-state index >= 15 is 0 Å². The van der Waals surface area contributed by atoms with E-state index in [1.165, 1.54) is 5.56 Å². The number of rotatable bonds is 4. The van der Waals surface area contributed by atoms with Crippen LogP contribution in [0.1, 0.15) is 12.5 Å². The van der Waals surface area contributed by atoms with Crippen LogP contribution in [0.25, 0.3) is 26.9 Å². The molecule has 2 heterocycles. The highest BCUT2D eigenvalue weighted by atomic mass is 32.1. The Kier molecular flexibility index (Phi) is 3.74. The minimum absolute atomic E-state index is 0.632. The molecule has 4 rings (SSSR count). The number of hydrogen-bond acceptors (Lipinski definition) is 5. The predicted octanol–water partition coefficient (Wildman–Crippen LogP) is 4.23. The first kappa shape index (κ1) is 14.8. The second kappa shape index (κ2) is 6.05. The van der Waals surface area contributed by atoms with Crippen molar-refractivity contribution in [3.8, 4) is 27.7 Å². The van der Waals surface area contributed by atoms with Crippen LogP contribution in [-0.2, 0) is 0 Å². The number of benzene rings is 2. The second-order valence-corrected chi connectivity index (χ2v) is 6.36. The Balaban J connectivity index is 1.81. The van der Waals surface area contributed by atoms with Gasteiger partial charge in [0.1, 0.15) is 10.8 Å². The smallest absolute Gasteiger partial charge is 0.235 e. The molecule has 0 fully saturated rings. The van der Waals surface area contributed by atoms with Gasteiger partial charge in [-0.05, 0) is 31.5 Å². The van der Waals surface area contributed by atoms with Crippen LogP contribution in [0.4, 0.5) is 0 Å². The van der Waals surface area contributed by atoms with Gasteiger partial charge in [-0.15, -0.1) is 10.2 Å². The van der Waals surface area contributed by atoms with Crippen LogP contribution >= 0.6 is 11.3 Å². The first-order chi connectivity index (χ1) is 11.8. The molecule has 0 saturated heterocycles. The number of ether oxygens (including phenoxy) is 1. The summed E-state index contributed by atoms with van der Waals surface area (Å²) in [5, 5.41) is 14.2. The molecule has 24 heavy (non-hydrogen) atoms. The van der Waals surface area contributed by atoms with Crippen molar-refractivity contribution in [1.82, 2.24) is 19.8 Å². The van der Waals surface area contributed by atoms with Crippen LogP contribution < -0.4 is 4.74 Å². The van der Waals surface area contributed by atoms with Crippen molar-refractivity contribution in [3.63, 3.8) is 0 Å². The van der Waals surface area contributed by atoms with Crippen molar-refractivity contribution in [2.24, 2.45) is 0 Å². The van der Waals surface area contributed by atoms with Gasteiger partial charge in [0.05, 0.1) is 6.61 Å². The fraction of sp³-hybridized carbons (Fsp3) is 0.167. The molecule has 4 aromatic rings. The number of fused-ring (bicyclic) bond motifs is 1. The van der Waals surface area contributed by atoms with Crippen molar-refractivity contribution in [1.29, 1.82) is 0 Å². The van der Waals surface area contributed by atoms with Gasteiger partial charge in [0.25, 0.3) is 0 Å². The lowest BCUT2D eigenvalue weighted by Gasteiger charge is -2.04. The average Bonchev–Trinajstić information content (AvgIpc) is 3.16. The standard InChI is InChI=1S/C18H16N4OS/c1-3-23-14-9-6-8-13(11-14)16-19-20-18-22(16)21-17(24-18)15-10-5-4-7-12(15)2/h4-11H,3H2,1-2H3. The van der Waals surface area contributed by atoms with Crippen molar-refractivity contribution in [3.05, 3.63) is 54.1 Å². The SMILES string of the molecule is CCOc1cccc(-c2nnc3sc(-c4ccccc4C)nn23)c1. The zero-order valence-corrected chi connectivity index (χ0v) is 14.2. The first-order valence-electron chi connectivity index (χ1n) is 7.77. The summed E-state index contributed by atoms with van der Waals surface area (Å²) in [5.74, 6) is 1.55. The molecule has 0 saturated carbocycles. The number of aromatic nitrogens is 4. The molecule has 2 aromatic carbocycles. The summed E-state index contributed by atoms with van der Waals surface area (Å²) < 4.78 is 7.37. The zero-order valence-electron chi connectivity index (χ0n) is 13.4. The minimum atomic E-state index is 0.632. The van der Waals surface area contributed by atoms with Gasteiger partial charge in [-0.1, -0.05) is 47.7 Å². The molecule has 0 atom stereocenters. The van der Waals surface area contributed by atoms with Crippen LogP contribution in [0, 0.1) is 6.92 Å². The molecule has 0 amide bonds. The van der Waals surface area contributed by atoms with Gasteiger partial charge in [0.2, 0.25) is 4.96 Å². The third-order valence-electron chi connectivity index (χ3n) is 3.77. The lowest BCUT2D eigenvalue weighted by atomic mass is 10.1. The molecular formula is C18H16N4OS. The summed E-state index contributed by atoms with van der Waals surface area (Å²) in [5.41, 5.74) is 3.26. The maximum absolute atomic E-state index is 5.57. The molecule has 0 N–H and O–H groups in total. The van der Waals surface area contributed by atoms with Gasteiger partial charge in [0, 0.05) is 11.1 Å². The largest absolute Gasteiger partial charge is 0.494 e. The Morgan fingerprint density at radius 2 is 1.96 bits per heavy atom. The molecule has 0 radical (unpaired) electrons. The third-order valence-corrected chi connectivity index (χ3v) is 4.70. The second-order valence-electron chi connectivity index (χ2n) is 5.40. The van der Waals surface area contributed by atoms with Gasteiger partial charge >= 0.3 is 0 Å². The van der Waals surface area contributed by atoms with Gasteiger partial charge in [-0.2, -0.15) is 9.61 Å². The van der Waals surface area contributed by atoms with Gasteiger partial charge in [-0.3, -0.25) is 0 Å². The summed E-state index contributed by atoms with van der Waals surface area (Å²) in [6, 6.07) is 16.1. The predicted molar refractivity (Wildman–Crippen MR) is 95.4 cm³/mol.